The zero-order chi connectivity index (χ0) is 21.7. The van der Waals surface area contributed by atoms with Crippen molar-refractivity contribution in [2.45, 2.75) is 31.1 Å². The predicted octanol–water partition coefficient (Wildman–Crippen LogP) is 3.37. The van der Waals surface area contributed by atoms with E-state index in [0.29, 0.717) is 30.1 Å². The van der Waals surface area contributed by atoms with Gasteiger partial charge < -0.3 is 15.4 Å². The summed E-state index contributed by atoms with van der Waals surface area (Å²) in [7, 11) is -2.20. The van der Waals surface area contributed by atoms with E-state index in [2.05, 4.69) is 10.6 Å². The number of hydrogen-bond donors (Lipinski definition) is 2. The van der Waals surface area contributed by atoms with E-state index in [-0.39, 0.29) is 22.9 Å². The standard InChI is InChI=1S/C21H26FN3O4S/c1-15-6-7-16(12-18(15)22)23-14-21(26)24-19-13-17(8-9-20(19)29-2)30(27,28)25-10-4-3-5-11-25/h6-9,12-13,23H,3-5,10-11,14H2,1-2H3,(H,24,26). The second-order valence-corrected chi connectivity index (χ2v) is 9.13. The molecule has 0 saturated carbocycles. The van der Waals surface area contributed by atoms with Crippen LogP contribution in [-0.4, -0.2) is 45.4 Å². The molecule has 30 heavy (non-hydrogen) atoms. The third-order valence-electron chi connectivity index (χ3n) is 5.02. The van der Waals surface area contributed by atoms with Crippen molar-refractivity contribution < 1.29 is 22.3 Å². The van der Waals surface area contributed by atoms with Gasteiger partial charge >= 0.3 is 0 Å². The molecule has 3 rings (SSSR count). The van der Waals surface area contributed by atoms with Gasteiger partial charge in [-0.25, -0.2) is 12.8 Å². The summed E-state index contributed by atoms with van der Waals surface area (Å²) in [6.45, 7) is 2.53. The normalized spacial score (nSPS) is 14.9. The first-order chi connectivity index (χ1) is 14.3. The number of anilines is 2. The maximum atomic E-state index is 13.6. The Labute approximate surface area is 176 Å². The minimum atomic E-state index is -3.64. The van der Waals surface area contributed by atoms with Crippen molar-refractivity contribution in [3.8, 4) is 5.75 Å². The van der Waals surface area contributed by atoms with Crippen molar-refractivity contribution in [3.05, 3.63) is 47.8 Å². The van der Waals surface area contributed by atoms with Crippen LogP contribution >= 0.6 is 0 Å². The Balaban J connectivity index is 1.73. The van der Waals surface area contributed by atoms with Gasteiger partial charge in [0.1, 0.15) is 11.6 Å². The number of halogens is 1. The lowest BCUT2D eigenvalue weighted by Gasteiger charge is -2.26. The number of nitrogens with zero attached hydrogens (tertiary/aromatic N) is 1. The Hall–Kier alpha value is -2.65. The van der Waals surface area contributed by atoms with Gasteiger partial charge in [-0.2, -0.15) is 4.31 Å². The van der Waals surface area contributed by atoms with Crippen molar-refractivity contribution in [2.75, 3.05) is 37.4 Å². The molecule has 1 amide bonds. The number of nitrogens with one attached hydrogen (secondary N) is 2. The average Bonchev–Trinajstić information content (AvgIpc) is 2.75. The van der Waals surface area contributed by atoms with Gasteiger partial charge in [-0.05, 0) is 55.7 Å². The predicted molar refractivity (Wildman–Crippen MR) is 114 cm³/mol. The Kier molecular flexibility index (Phi) is 6.94. The highest BCUT2D eigenvalue weighted by Gasteiger charge is 2.27. The van der Waals surface area contributed by atoms with Gasteiger partial charge in [0, 0.05) is 18.8 Å². The molecular weight excluding hydrogens is 409 g/mol. The van der Waals surface area contributed by atoms with Crippen molar-refractivity contribution >= 4 is 27.3 Å². The number of sulfonamides is 1. The molecule has 0 aromatic heterocycles. The van der Waals surface area contributed by atoms with E-state index >= 15 is 0 Å². The SMILES string of the molecule is COc1ccc(S(=O)(=O)N2CCCCC2)cc1NC(=O)CNc1ccc(C)c(F)c1. The number of carbonyl (C=O) groups is 1. The highest BCUT2D eigenvalue weighted by molar-refractivity contribution is 7.89. The summed E-state index contributed by atoms with van der Waals surface area (Å²) >= 11 is 0. The summed E-state index contributed by atoms with van der Waals surface area (Å²) in [4.78, 5) is 12.5. The first kappa shape index (κ1) is 22.0. The highest BCUT2D eigenvalue weighted by atomic mass is 32.2. The first-order valence-corrected chi connectivity index (χ1v) is 11.2. The number of carbonyl (C=O) groups excluding carboxylic acids is 1. The van der Waals surface area contributed by atoms with Crippen molar-refractivity contribution in [1.82, 2.24) is 4.31 Å². The summed E-state index contributed by atoms with van der Waals surface area (Å²) in [5.41, 5.74) is 1.25. The smallest absolute Gasteiger partial charge is 0.243 e. The van der Waals surface area contributed by atoms with Crippen LogP contribution in [0.5, 0.6) is 5.75 Å². The molecule has 1 saturated heterocycles. The second kappa shape index (κ2) is 9.44. The number of aryl methyl sites for hydroxylation is 1. The lowest BCUT2D eigenvalue weighted by molar-refractivity contribution is -0.114. The Morgan fingerprint density at radius 2 is 1.87 bits per heavy atom. The van der Waals surface area contributed by atoms with E-state index in [1.54, 1.807) is 19.1 Å². The number of rotatable bonds is 7. The fraction of sp³-hybridized carbons (Fsp3) is 0.381. The lowest BCUT2D eigenvalue weighted by Crippen LogP contribution is -2.35. The summed E-state index contributed by atoms with van der Waals surface area (Å²) in [6.07, 6.45) is 2.70. The zero-order valence-corrected chi connectivity index (χ0v) is 17.9. The van der Waals surface area contributed by atoms with Crippen LogP contribution in [0.15, 0.2) is 41.3 Å². The number of piperidine rings is 1. The minimum absolute atomic E-state index is 0.106. The monoisotopic (exact) mass is 435 g/mol. The number of ether oxygens (including phenoxy) is 1. The van der Waals surface area contributed by atoms with Crippen LogP contribution in [0.1, 0.15) is 24.8 Å². The third kappa shape index (κ3) is 5.09. The molecule has 2 N–H and O–H groups in total. The fourth-order valence-corrected chi connectivity index (χ4v) is 4.82. The van der Waals surface area contributed by atoms with Gasteiger partial charge in [0.25, 0.3) is 0 Å². The molecule has 0 bridgehead atoms. The lowest BCUT2D eigenvalue weighted by atomic mass is 10.2. The van der Waals surface area contributed by atoms with Crippen LogP contribution < -0.4 is 15.4 Å². The highest BCUT2D eigenvalue weighted by Crippen LogP contribution is 2.30. The van der Waals surface area contributed by atoms with Gasteiger partial charge in [-0.15, -0.1) is 0 Å². The molecule has 0 spiro atoms. The molecule has 7 nitrogen and oxygen atoms in total. The van der Waals surface area contributed by atoms with E-state index < -0.39 is 15.9 Å². The molecule has 0 atom stereocenters. The van der Waals surface area contributed by atoms with Crippen molar-refractivity contribution in [1.29, 1.82) is 0 Å². The van der Waals surface area contributed by atoms with E-state index in [0.717, 1.165) is 19.3 Å². The molecule has 2 aromatic carbocycles. The van der Waals surface area contributed by atoms with Crippen LogP contribution in [0, 0.1) is 12.7 Å². The van der Waals surface area contributed by atoms with Crippen LogP contribution in [0.25, 0.3) is 0 Å². The van der Waals surface area contributed by atoms with E-state index in [1.807, 2.05) is 0 Å². The minimum Gasteiger partial charge on any atom is -0.495 e. The molecular formula is C21H26FN3O4S. The second-order valence-electron chi connectivity index (χ2n) is 7.19. The maximum absolute atomic E-state index is 13.6. The van der Waals surface area contributed by atoms with E-state index in [4.69, 9.17) is 4.74 Å². The Morgan fingerprint density at radius 1 is 1.13 bits per heavy atom. The molecule has 1 aliphatic heterocycles. The van der Waals surface area contributed by atoms with Gasteiger partial charge in [0.15, 0.2) is 0 Å². The average molecular weight is 436 g/mol. The number of methoxy groups -OCH3 is 1. The summed E-state index contributed by atoms with van der Waals surface area (Å²) < 4.78 is 46.2. The number of amides is 1. The van der Waals surface area contributed by atoms with Gasteiger partial charge in [0.05, 0.1) is 24.2 Å². The van der Waals surface area contributed by atoms with Crippen LogP contribution in [-0.2, 0) is 14.8 Å². The molecule has 1 heterocycles. The molecule has 0 aliphatic carbocycles. The van der Waals surface area contributed by atoms with Gasteiger partial charge in [-0.3, -0.25) is 4.79 Å². The Morgan fingerprint density at radius 3 is 2.53 bits per heavy atom. The Bertz CT molecular complexity index is 1020. The quantitative estimate of drug-likeness (QED) is 0.696. The molecule has 2 aromatic rings. The van der Waals surface area contributed by atoms with Crippen LogP contribution in [0.4, 0.5) is 15.8 Å². The van der Waals surface area contributed by atoms with Crippen LogP contribution in [0.2, 0.25) is 0 Å². The van der Waals surface area contributed by atoms with Gasteiger partial charge in [0.2, 0.25) is 15.9 Å². The number of hydrogen-bond acceptors (Lipinski definition) is 5. The van der Waals surface area contributed by atoms with E-state index in [9.17, 15) is 17.6 Å². The van der Waals surface area contributed by atoms with Crippen molar-refractivity contribution in [2.24, 2.45) is 0 Å². The third-order valence-corrected chi connectivity index (χ3v) is 6.92. The summed E-state index contributed by atoms with van der Waals surface area (Å²) in [6, 6.07) is 9.02. The maximum Gasteiger partial charge on any atom is 0.243 e. The molecule has 1 fully saturated rings. The molecule has 0 radical (unpaired) electrons. The molecule has 0 unspecified atom stereocenters. The summed E-state index contributed by atoms with van der Waals surface area (Å²) in [5.74, 6) is -0.429. The van der Waals surface area contributed by atoms with E-state index in [1.165, 1.54) is 35.7 Å². The van der Waals surface area contributed by atoms with Crippen LogP contribution in [0.3, 0.4) is 0 Å². The zero-order valence-electron chi connectivity index (χ0n) is 17.1. The van der Waals surface area contributed by atoms with Crippen molar-refractivity contribution in [3.63, 3.8) is 0 Å². The number of benzene rings is 2. The topological polar surface area (TPSA) is 87.7 Å². The van der Waals surface area contributed by atoms with Gasteiger partial charge in [-0.1, -0.05) is 12.5 Å². The first-order valence-electron chi connectivity index (χ1n) is 9.79. The molecule has 162 valence electrons. The largest absolute Gasteiger partial charge is 0.495 e. The molecule has 1 aliphatic rings. The summed E-state index contributed by atoms with van der Waals surface area (Å²) in [5, 5.41) is 5.52. The molecule has 9 heteroatoms. The fourth-order valence-electron chi connectivity index (χ4n) is 3.28.